The van der Waals surface area contributed by atoms with Gasteiger partial charge in [-0.25, -0.2) is 0 Å². The summed E-state index contributed by atoms with van der Waals surface area (Å²) in [5.41, 5.74) is 8.54. The van der Waals surface area contributed by atoms with Gasteiger partial charge in [0, 0.05) is 5.56 Å². The second-order valence-corrected chi connectivity index (χ2v) is 4.38. The highest BCUT2D eigenvalue weighted by Crippen LogP contribution is 2.37. The molecule has 2 heteroatoms. The fraction of sp³-hybridized carbons (Fsp3) is 0.462. The predicted molar refractivity (Wildman–Crippen MR) is 60.9 cm³/mol. The molecule has 1 saturated carbocycles. The summed E-state index contributed by atoms with van der Waals surface area (Å²) in [5, 5.41) is 0. The Bertz CT molecular complexity index is 378. The predicted octanol–water partition coefficient (Wildman–Crippen LogP) is 2.75. The van der Waals surface area contributed by atoms with Crippen LogP contribution in [0.1, 0.15) is 53.1 Å². The zero-order valence-corrected chi connectivity index (χ0v) is 9.12. The molecule has 2 N–H and O–H groups in total. The van der Waals surface area contributed by atoms with Crippen molar-refractivity contribution in [3.63, 3.8) is 0 Å². The van der Waals surface area contributed by atoms with Crippen LogP contribution in [0.2, 0.25) is 0 Å². The zero-order valence-electron chi connectivity index (χ0n) is 9.12. The number of carbonyl (C=O) groups is 1. The molecule has 0 heterocycles. The molecule has 0 unspecified atom stereocenters. The number of aryl methyl sites for hydroxylation is 1. The molecule has 1 amide bonds. The van der Waals surface area contributed by atoms with Crippen LogP contribution < -0.4 is 5.73 Å². The van der Waals surface area contributed by atoms with E-state index in [2.05, 4.69) is 13.0 Å². The molecule has 80 valence electrons. The Labute approximate surface area is 90.5 Å². The van der Waals surface area contributed by atoms with E-state index in [4.69, 9.17) is 5.73 Å². The summed E-state index contributed by atoms with van der Waals surface area (Å²) in [6.07, 6.45) is 4.95. The highest BCUT2D eigenvalue weighted by atomic mass is 16.1. The fourth-order valence-electron chi connectivity index (χ4n) is 2.65. The van der Waals surface area contributed by atoms with E-state index in [0.717, 1.165) is 5.56 Å². The van der Waals surface area contributed by atoms with E-state index in [1.54, 1.807) is 0 Å². The molecule has 2 rings (SSSR count). The molecule has 0 aromatic heterocycles. The first kappa shape index (κ1) is 10.2. The highest BCUT2D eigenvalue weighted by molar-refractivity contribution is 5.94. The summed E-state index contributed by atoms with van der Waals surface area (Å²) >= 11 is 0. The first-order valence-electron chi connectivity index (χ1n) is 5.59. The quantitative estimate of drug-likeness (QED) is 0.789. The van der Waals surface area contributed by atoms with Crippen LogP contribution in [0.5, 0.6) is 0 Å². The van der Waals surface area contributed by atoms with Gasteiger partial charge in [0.05, 0.1) is 0 Å². The Kier molecular flexibility index (Phi) is 2.76. The van der Waals surface area contributed by atoms with Crippen molar-refractivity contribution in [2.45, 2.75) is 38.5 Å². The molecule has 1 aromatic rings. The molecule has 0 atom stereocenters. The van der Waals surface area contributed by atoms with Gasteiger partial charge in [0.2, 0.25) is 5.91 Å². The maximum Gasteiger partial charge on any atom is 0.248 e. The van der Waals surface area contributed by atoms with Gasteiger partial charge in [0.15, 0.2) is 0 Å². The van der Waals surface area contributed by atoms with E-state index in [1.807, 2.05) is 12.1 Å². The van der Waals surface area contributed by atoms with E-state index >= 15 is 0 Å². The van der Waals surface area contributed by atoms with Crippen LogP contribution in [-0.2, 0) is 0 Å². The summed E-state index contributed by atoms with van der Waals surface area (Å²) in [5.74, 6) is 0.259. The largest absolute Gasteiger partial charge is 0.366 e. The van der Waals surface area contributed by atoms with Gasteiger partial charge in [-0.1, -0.05) is 25.0 Å². The van der Waals surface area contributed by atoms with Crippen molar-refractivity contribution in [1.29, 1.82) is 0 Å². The number of amides is 1. The van der Waals surface area contributed by atoms with Crippen LogP contribution in [0.3, 0.4) is 0 Å². The molecule has 0 radical (unpaired) electrons. The van der Waals surface area contributed by atoms with Gasteiger partial charge in [-0.3, -0.25) is 4.79 Å². The molecule has 1 aliphatic rings. The third-order valence-corrected chi connectivity index (χ3v) is 3.35. The smallest absolute Gasteiger partial charge is 0.248 e. The number of nitrogens with two attached hydrogens (primary N) is 1. The molecule has 2 nitrogen and oxygen atoms in total. The molecular formula is C13H17NO. The average Bonchev–Trinajstić information content (AvgIpc) is 2.70. The van der Waals surface area contributed by atoms with Gasteiger partial charge < -0.3 is 5.73 Å². The van der Waals surface area contributed by atoms with Crippen molar-refractivity contribution < 1.29 is 4.79 Å². The topological polar surface area (TPSA) is 43.1 Å². The SMILES string of the molecule is Cc1cccc(C(N)=O)c1C1CCCC1. The fourth-order valence-corrected chi connectivity index (χ4v) is 2.65. The number of hydrogen-bond donors (Lipinski definition) is 1. The minimum absolute atomic E-state index is 0.291. The average molecular weight is 203 g/mol. The Balaban J connectivity index is 2.46. The molecule has 1 aliphatic carbocycles. The van der Waals surface area contributed by atoms with Crippen molar-refractivity contribution in [2.75, 3.05) is 0 Å². The van der Waals surface area contributed by atoms with Crippen molar-refractivity contribution in [3.8, 4) is 0 Å². The number of carbonyl (C=O) groups excluding carboxylic acids is 1. The molecule has 1 aromatic carbocycles. The Morgan fingerprint density at radius 2 is 2.00 bits per heavy atom. The minimum Gasteiger partial charge on any atom is -0.366 e. The van der Waals surface area contributed by atoms with Gasteiger partial charge >= 0.3 is 0 Å². The van der Waals surface area contributed by atoms with E-state index in [1.165, 1.54) is 36.8 Å². The van der Waals surface area contributed by atoms with Gasteiger partial charge in [-0.2, -0.15) is 0 Å². The normalized spacial score (nSPS) is 16.9. The van der Waals surface area contributed by atoms with Gasteiger partial charge in [0.1, 0.15) is 0 Å². The Morgan fingerprint density at radius 3 is 2.60 bits per heavy atom. The molecule has 1 fully saturated rings. The van der Waals surface area contributed by atoms with E-state index < -0.39 is 0 Å². The summed E-state index contributed by atoms with van der Waals surface area (Å²) in [6.45, 7) is 2.07. The van der Waals surface area contributed by atoms with E-state index in [-0.39, 0.29) is 5.91 Å². The molecular weight excluding hydrogens is 186 g/mol. The number of primary amides is 1. The standard InChI is InChI=1S/C13H17NO/c1-9-5-4-8-11(13(14)15)12(9)10-6-2-3-7-10/h4-5,8,10H,2-3,6-7H2,1H3,(H2,14,15). The van der Waals surface area contributed by atoms with Crippen molar-refractivity contribution in [1.82, 2.24) is 0 Å². The lowest BCUT2D eigenvalue weighted by molar-refractivity contribution is 0.0999. The summed E-state index contributed by atoms with van der Waals surface area (Å²) in [7, 11) is 0. The molecule has 0 bridgehead atoms. The van der Waals surface area contributed by atoms with Crippen molar-refractivity contribution in [2.24, 2.45) is 5.73 Å². The van der Waals surface area contributed by atoms with Crippen LogP contribution in [-0.4, -0.2) is 5.91 Å². The summed E-state index contributed by atoms with van der Waals surface area (Å²) in [4.78, 5) is 11.4. The maximum atomic E-state index is 11.4. The summed E-state index contributed by atoms with van der Waals surface area (Å²) < 4.78 is 0. The molecule has 15 heavy (non-hydrogen) atoms. The Hall–Kier alpha value is -1.31. The minimum atomic E-state index is -0.291. The first-order chi connectivity index (χ1) is 7.20. The zero-order chi connectivity index (χ0) is 10.8. The van der Waals surface area contributed by atoms with Crippen LogP contribution >= 0.6 is 0 Å². The van der Waals surface area contributed by atoms with Crippen LogP contribution in [0.25, 0.3) is 0 Å². The van der Waals surface area contributed by atoms with Gasteiger partial charge in [-0.05, 0) is 42.9 Å². The highest BCUT2D eigenvalue weighted by Gasteiger charge is 2.22. The first-order valence-corrected chi connectivity index (χ1v) is 5.59. The lowest BCUT2D eigenvalue weighted by atomic mass is 9.89. The van der Waals surface area contributed by atoms with Gasteiger partial charge in [0.25, 0.3) is 0 Å². The number of rotatable bonds is 2. The van der Waals surface area contributed by atoms with E-state index in [9.17, 15) is 4.79 Å². The maximum absolute atomic E-state index is 11.4. The summed E-state index contributed by atoms with van der Waals surface area (Å²) in [6, 6.07) is 5.83. The van der Waals surface area contributed by atoms with Crippen LogP contribution in [0, 0.1) is 6.92 Å². The second-order valence-electron chi connectivity index (χ2n) is 4.38. The Morgan fingerprint density at radius 1 is 1.33 bits per heavy atom. The van der Waals surface area contributed by atoms with Gasteiger partial charge in [-0.15, -0.1) is 0 Å². The second kappa shape index (κ2) is 4.05. The lowest BCUT2D eigenvalue weighted by Crippen LogP contribution is -2.15. The van der Waals surface area contributed by atoms with Crippen LogP contribution in [0.15, 0.2) is 18.2 Å². The van der Waals surface area contributed by atoms with E-state index in [0.29, 0.717) is 5.92 Å². The monoisotopic (exact) mass is 203 g/mol. The third-order valence-electron chi connectivity index (χ3n) is 3.35. The third kappa shape index (κ3) is 1.89. The van der Waals surface area contributed by atoms with Crippen molar-refractivity contribution in [3.05, 3.63) is 34.9 Å². The number of benzene rings is 1. The van der Waals surface area contributed by atoms with Crippen LogP contribution in [0.4, 0.5) is 0 Å². The molecule has 0 saturated heterocycles. The molecule has 0 aliphatic heterocycles. The van der Waals surface area contributed by atoms with Crippen molar-refractivity contribution >= 4 is 5.91 Å². The number of hydrogen-bond acceptors (Lipinski definition) is 1. The molecule has 0 spiro atoms. The lowest BCUT2D eigenvalue weighted by Gasteiger charge is -2.16.